The van der Waals surface area contributed by atoms with E-state index in [0.29, 0.717) is 18.3 Å². The molecule has 0 aliphatic heterocycles. The Morgan fingerprint density at radius 3 is 2.52 bits per heavy atom. The van der Waals surface area contributed by atoms with Gasteiger partial charge in [-0.2, -0.15) is 4.68 Å². The Kier molecular flexibility index (Phi) is 6.99. The van der Waals surface area contributed by atoms with Crippen molar-refractivity contribution in [3.63, 3.8) is 0 Å². The summed E-state index contributed by atoms with van der Waals surface area (Å²) in [6.07, 6.45) is 7.22. The lowest BCUT2D eigenvalue weighted by Crippen LogP contribution is -2.28. The molecule has 4 rings (SSSR count). The van der Waals surface area contributed by atoms with Crippen LogP contribution in [0.5, 0.6) is 0 Å². The van der Waals surface area contributed by atoms with Gasteiger partial charge in [0, 0.05) is 12.6 Å². The van der Waals surface area contributed by atoms with Gasteiger partial charge in [0.05, 0.1) is 10.6 Å². The largest absolute Gasteiger partial charge is 0.310 e. The number of anilines is 1. The molecule has 0 radical (unpaired) electrons. The smallest absolute Gasteiger partial charge is 0.262 e. The van der Waals surface area contributed by atoms with Crippen LogP contribution in [0.4, 0.5) is 14.5 Å². The van der Waals surface area contributed by atoms with Crippen molar-refractivity contribution in [2.75, 3.05) is 4.72 Å². The van der Waals surface area contributed by atoms with Crippen molar-refractivity contribution in [3.8, 4) is 5.69 Å². The van der Waals surface area contributed by atoms with Crippen molar-refractivity contribution in [1.29, 1.82) is 0 Å². The second-order valence-corrected chi connectivity index (χ2v) is 10.1. The summed E-state index contributed by atoms with van der Waals surface area (Å²) in [5.41, 5.74) is 0.536. The van der Waals surface area contributed by atoms with Crippen LogP contribution in [0, 0.1) is 17.6 Å². The standard InChI is InChI=1S/C22H26F2N6O2S/c1-15(10-16-6-2-3-7-16)25-13-17-8-4-5-9-21(17)27-33(31,32)18-11-19(23)22(20(24)12-18)30-14-26-28-29-30/h4-5,8-9,11-12,14-16,25,27H,2-3,6-7,10,13H2,1H3/t15-/m0/s1. The second-order valence-electron chi connectivity index (χ2n) is 8.42. The predicted octanol–water partition coefficient (Wildman–Crippen LogP) is 3.80. The number of nitrogens with zero attached hydrogens (tertiary/aromatic N) is 4. The molecule has 8 nitrogen and oxygen atoms in total. The lowest BCUT2D eigenvalue weighted by Gasteiger charge is -2.19. The van der Waals surface area contributed by atoms with Gasteiger partial charge in [-0.05, 0) is 53.5 Å². The van der Waals surface area contributed by atoms with Crippen molar-refractivity contribution < 1.29 is 17.2 Å². The number of nitrogens with one attached hydrogen (secondary N) is 2. The van der Waals surface area contributed by atoms with Gasteiger partial charge >= 0.3 is 0 Å². The highest BCUT2D eigenvalue weighted by Gasteiger charge is 2.23. The average Bonchev–Trinajstić information content (AvgIpc) is 3.47. The number of para-hydroxylation sites is 1. The molecule has 3 aromatic rings. The monoisotopic (exact) mass is 476 g/mol. The number of tetrazole rings is 1. The first-order valence-corrected chi connectivity index (χ1v) is 12.4. The summed E-state index contributed by atoms with van der Waals surface area (Å²) in [5.74, 6) is -1.46. The molecule has 1 aliphatic rings. The van der Waals surface area contributed by atoms with Gasteiger partial charge in [-0.25, -0.2) is 17.2 Å². The molecule has 1 aliphatic carbocycles. The summed E-state index contributed by atoms with van der Waals surface area (Å²) in [6.45, 7) is 2.59. The van der Waals surface area contributed by atoms with Crippen molar-refractivity contribution in [3.05, 3.63) is 59.9 Å². The van der Waals surface area contributed by atoms with E-state index in [0.717, 1.165) is 41.0 Å². The minimum absolute atomic E-state index is 0.291. The summed E-state index contributed by atoms with van der Waals surface area (Å²) in [6, 6.07) is 8.73. The van der Waals surface area contributed by atoms with Gasteiger partial charge in [-0.3, -0.25) is 4.72 Å². The molecular formula is C22H26F2N6O2S. The minimum Gasteiger partial charge on any atom is -0.310 e. The fourth-order valence-electron chi connectivity index (χ4n) is 4.27. The van der Waals surface area contributed by atoms with Crippen molar-refractivity contribution in [2.45, 2.75) is 56.5 Å². The number of hydrogen-bond acceptors (Lipinski definition) is 6. The number of benzene rings is 2. The van der Waals surface area contributed by atoms with Crippen molar-refractivity contribution in [1.82, 2.24) is 25.5 Å². The van der Waals surface area contributed by atoms with Gasteiger partial charge in [-0.15, -0.1) is 5.10 Å². The lowest BCUT2D eigenvalue weighted by molar-refractivity contribution is 0.404. The minimum atomic E-state index is -4.24. The van der Waals surface area contributed by atoms with E-state index in [1.54, 1.807) is 12.1 Å². The molecule has 176 valence electrons. The topological polar surface area (TPSA) is 102 Å². The third-order valence-corrected chi connectivity index (χ3v) is 7.29. The first kappa shape index (κ1) is 23.2. The molecule has 1 heterocycles. The van der Waals surface area contributed by atoms with Gasteiger partial charge in [0.25, 0.3) is 10.0 Å². The summed E-state index contributed by atoms with van der Waals surface area (Å²) in [4.78, 5) is -0.535. The fraction of sp³-hybridized carbons (Fsp3) is 0.409. The normalized spacial score (nSPS) is 15.6. The second kappa shape index (κ2) is 9.92. The Morgan fingerprint density at radius 1 is 1.15 bits per heavy atom. The molecule has 0 unspecified atom stereocenters. The molecule has 1 aromatic heterocycles. The Balaban J connectivity index is 1.49. The first-order chi connectivity index (χ1) is 15.8. The molecule has 0 bridgehead atoms. The molecule has 11 heteroatoms. The van der Waals surface area contributed by atoms with E-state index in [1.807, 2.05) is 12.1 Å². The summed E-state index contributed by atoms with van der Waals surface area (Å²) < 4.78 is 58.2. The molecule has 33 heavy (non-hydrogen) atoms. The van der Waals surface area contributed by atoms with Gasteiger partial charge in [0.2, 0.25) is 0 Å². The molecule has 0 spiro atoms. The van der Waals surface area contributed by atoms with Crippen LogP contribution in [-0.2, 0) is 16.6 Å². The zero-order valence-electron chi connectivity index (χ0n) is 18.2. The zero-order chi connectivity index (χ0) is 23.4. The summed E-state index contributed by atoms with van der Waals surface area (Å²) >= 11 is 0. The SMILES string of the molecule is C[C@@H](CC1CCCC1)NCc1ccccc1NS(=O)(=O)c1cc(F)c(-n2cnnn2)c(F)c1. The van der Waals surface area contributed by atoms with E-state index in [2.05, 4.69) is 32.5 Å². The Morgan fingerprint density at radius 2 is 1.85 bits per heavy atom. The highest BCUT2D eigenvalue weighted by atomic mass is 32.2. The maximum absolute atomic E-state index is 14.5. The Labute approximate surface area is 191 Å². The quantitative estimate of drug-likeness (QED) is 0.487. The van der Waals surface area contributed by atoms with Crippen LogP contribution >= 0.6 is 0 Å². The maximum atomic E-state index is 14.5. The van der Waals surface area contributed by atoms with Crippen LogP contribution in [0.1, 0.15) is 44.6 Å². The molecular weight excluding hydrogens is 450 g/mol. The molecule has 2 aromatic carbocycles. The van der Waals surface area contributed by atoms with E-state index in [4.69, 9.17) is 0 Å². The van der Waals surface area contributed by atoms with Crippen LogP contribution in [0.15, 0.2) is 47.6 Å². The van der Waals surface area contributed by atoms with Crippen molar-refractivity contribution >= 4 is 15.7 Å². The molecule has 0 amide bonds. The summed E-state index contributed by atoms with van der Waals surface area (Å²) in [5, 5.41) is 13.6. The van der Waals surface area contributed by atoms with Crippen LogP contribution in [0.3, 0.4) is 0 Å². The van der Waals surface area contributed by atoms with Crippen LogP contribution in [-0.4, -0.2) is 34.7 Å². The van der Waals surface area contributed by atoms with Crippen molar-refractivity contribution in [2.24, 2.45) is 5.92 Å². The predicted molar refractivity (Wildman–Crippen MR) is 119 cm³/mol. The molecule has 1 fully saturated rings. The van der Waals surface area contributed by atoms with Gasteiger partial charge < -0.3 is 5.32 Å². The molecule has 1 saturated carbocycles. The molecule has 1 atom stereocenters. The third-order valence-electron chi connectivity index (χ3n) is 5.94. The number of sulfonamides is 1. The number of aromatic nitrogens is 4. The van der Waals surface area contributed by atoms with Gasteiger partial charge in [0.15, 0.2) is 11.6 Å². The van der Waals surface area contributed by atoms with E-state index in [9.17, 15) is 17.2 Å². The van der Waals surface area contributed by atoms with E-state index >= 15 is 0 Å². The third kappa shape index (κ3) is 5.53. The number of halogens is 2. The molecule has 2 N–H and O–H groups in total. The van der Waals surface area contributed by atoms with Gasteiger partial charge in [0.1, 0.15) is 12.0 Å². The zero-order valence-corrected chi connectivity index (χ0v) is 19.0. The highest BCUT2D eigenvalue weighted by Crippen LogP contribution is 2.29. The number of rotatable bonds is 9. The first-order valence-electron chi connectivity index (χ1n) is 10.9. The van der Waals surface area contributed by atoms with E-state index in [1.165, 1.54) is 25.7 Å². The number of hydrogen-bond donors (Lipinski definition) is 2. The fourth-order valence-corrected chi connectivity index (χ4v) is 5.40. The van der Waals surface area contributed by atoms with Crippen LogP contribution in [0.2, 0.25) is 0 Å². The van der Waals surface area contributed by atoms with Gasteiger partial charge in [-0.1, -0.05) is 43.9 Å². The van der Waals surface area contributed by atoms with E-state index in [-0.39, 0.29) is 0 Å². The maximum Gasteiger partial charge on any atom is 0.262 e. The Bertz CT molecular complexity index is 1170. The highest BCUT2D eigenvalue weighted by molar-refractivity contribution is 7.92. The van der Waals surface area contributed by atoms with Crippen LogP contribution in [0.25, 0.3) is 5.69 Å². The van der Waals surface area contributed by atoms with Crippen LogP contribution < -0.4 is 10.0 Å². The summed E-state index contributed by atoms with van der Waals surface area (Å²) in [7, 11) is -4.24. The lowest BCUT2D eigenvalue weighted by atomic mass is 9.99. The molecule has 0 saturated heterocycles. The Hall–Kier alpha value is -2.92. The average molecular weight is 477 g/mol. The van der Waals surface area contributed by atoms with E-state index < -0.39 is 32.2 Å².